The van der Waals surface area contributed by atoms with E-state index in [1.807, 2.05) is 0 Å². The number of carboxylic acid groups (broad SMARTS) is 1. The Kier molecular flexibility index (Phi) is 8.35. The number of carbonyl (C=O) groups is 2. The molecule has 0 radical (unpaired) electrons. The second kappa shape index (κ2) is 8.17. The van der Waals surface area contributed by atoms with Crippen molar-refractivity contribution < 1.29 is 25.6 Å². The molecule has 1 rings (SSSR count). The highest BCUT2D eigenvalue weighted by Gasteiger charge is 2.22. The molecule has 0 aliphatic heterocycles. The maximum atomic E-state index is 11.3. The van der Waals surface area contributed by atoms with Gasteiger partial charge in [0, 0.05) is 12.6 Å². The smallest absolute Gasteiger partial charge is 0.326 e. The van der Waals surface area contributed by atoms with Gasteiger partial charge in [-0.15, -0.1) is 0 Å². The van der Waals surface area contributed by atoms with Gasteiger partial charge in [-0.25, -0.2) is 9.78 Å². The van der Waals surface area contributed by atoms with Crippen LogP contribution in [0.1, 0.15) is 12.6 Å². The first kappa shape index (κ1) is 18.4. The number of hydrogen-bond acceptors (Lipinski definition) is 4. The maximum absolute atomic E-state index is 11.3. The first-order valence-corrected chi connectivity index (χ1v) is 4.77. The zero-order valence-corrected chi connectivity index (χ0v) is 9.80. The average Bonchev–Trinajstić information content (AvgIpc) is 2.68. The highest BCUT2D eigenvalue weighted by atomic mass is 16.4. The van der Waals surface area contributed by atoms with Crippen molar-refractivity contribution in [3.05, 3.63) is 18.2 Å². The number of carboxylic acids is 1. The van der Waals surface area contributed by atoms with Crippen molar-refractivity contribution in [2.75, 3.05) is 0 Å². The first-order chi connectivity index (χ1) is 7.50. The van der Waals surface area contributed by atoms with Crippen molar-refractivity contribution in [2.24, 2.45) is 5.73 Å². The van der Waals surface area contributed by atoms with Crippen LogP contribution < -0.4 is 11.1 Å². The molecule has 0 aromatic carbocycles. The van der Waals surface area contributed by atoms with Crippen LogP contribution in [0.5, 0.6) is 0 Å². The van der Waals surface area contributed by atoms with Gasteiger partial charge in [0.25, 0.3) is 0 Å². The summed E-state index contributed by atoms with van der Waals surface area (Å²) in [5.41, 5.74) is 5.90. The zero-order chi connectivity index (χ0) is 12.1. The molecule has 0 fully saturated rings. The van der Waals surface area contributed by atoms with Crippen LogP contribution in [0.4, 0.5) is 0 Å². The van der Waals surface area contributed by atoms with E-state index in [2.05, 4.69) is 15.3 Å². The fourth-order valence-corrected chi connectivity index (χ4v) is 1.11. The van der Waals surface area contributed by atoms with Gasteiger partial charge in [0.1, 0.15) is 6.04 Å². The molecule has 9 N–H and O–H groups in total. The van der Waals surface area contributed by atoms with Crippen molar-refractivity contribution in [3.63, 3.8) is 0 Å². The number of nitrogens with one attached hydrogen (secondary N) is 2. The van der Waals surface area contributed by atoms with E-state index in [4.69, 9.17) is 10.8 Å². The Morgan fingerprint density at radius 1 is 1.56 bits per heavy atom. The van der Waals surface area contributed by atoms with E-state index in [-0.39, 0.29) is 17.4 Å². The molecule has 0 aliphatic rings. The van der Waals surface area contributed by atoms with Gasteiger partial charge >= 0.3 is 5.97 Å². The summed E-state index contributed by atoms with van der Waals surface area (Å²) in [6, 6.07) is -1.75. The molecule has 0 saturated heterocycles. The molecule has 0 bridgehead atoms. The SMILES string of the molecule is C[C@H](N)C(=O)N[C@@H](Cc1c[nH]cn1)C(=O)O.O.O. The Balaban J connectivity index is 0. The molecule has 0 spiro atoms. The molecular formula is C9H18N4O5. The molecule has 1 amide bonds. The fourth-order valence-electron chi connectivity index (χ4n) is 1.11. The minimum absolute atomic E-state index is 0. The largest absolute Gasteiger partial charge is 0.480 e. The third kappa shape index (κ3) is 5.39. The third-order valence-corrected chi connectivity index (χ3v) is 2.00. The minimum Gasteiger partial charge on any atom is -0.480 e. The van der Waals surface area contributed by atoms with Gasteiger partial charge < -0.3 is 32.1 Å². The van der Waals surface area contributed by atoms with E-state index in [0.29, 0.717) is 5.69 Å². The quantitative estimate of drug-likeness (QED) is 0.446. The Morgan fingerprint density at radius 3 is 2.56 bits per heavy atom. The van der Waals surface area contributed by atoms with E-state index in [1.54, 1.807) is 6.20 Å². The number of amides is 1. The number of carbonyl (C=O) groups excluding carboxylic acids is 1. The van der Waals surface area contributed by atoms with E-state index >= 15 is 0 Å². The minimum atomic E-state index is -1.11. The molecule has 0 aliphatic carbocycles. The number of imidazole rings is 1. The second-order valence-electron chi connectivity index (χ2n) is 3.45. The summed E-state index contributed by atoms with van der Waals surface area (Å²) in [4.78, 5) is 28.7. The number of H-pyrrole nitrogens is 1. The maximum Gasteiger partial charge on any atom is 0.326 e. The molecule has 1 heterocycles. The van der Waals surface area contributed by atoms with Crippen molar-refractivity contribution >= 4 is 11.9 Å². The van der Waals surface area contributed by atoms with Gasteiger partial charge in [0.15, 0.2) is 0 Å². The van der Waals surface area contributed by atoms with Gasteiger partial charge in [-0.3, -0.25) is 4.79 Å². The van der Waals surface area contributed by atoms with E-state index in [9.17, 15) is 9.59 Å². The summed E-state index contributed by atoms with van der Waals surface area (Å²) in [6.07, 6.45) is 3.15. The summed E-state index contributed by atoms with van der Waals surface area (Å²) in [5.74, 6) is -1.61. The predicted molar refractivity (Wildman–Crippen MR) is 62.7 cm³/mol. The Morgan fingerprint density at radius 2 is 2.17 bits per heavy atom. The van der Waals surface area contributed by atoms with Crippen LogP contribution >= 0.6 is 0 Å². The summed E-state index contributed by atoms with van der Waals surface area (Å²) < 4.78 is 0. The average molecular weight is 262 g/mol. The highest BCUT2D eigenvalue weighted by Crippen LogP contribution is 1.99. The van der Waals surface area contributed by atoms with Gasteiger partial charge in [-0.05, 0) is 6.92 Å². The summed E-state index contributed by atoms with van der Waals surface area (Å²) >= 11 is 0. The lowest BCUT2D eigenvalue weighted by Gasteiger charge is -2.14. The van der Waals surface area contributed by atoms with Crippen molar-refractivity contribution in [3.8, 4) is 0 Å². The number of aromatic nitrogens is 2. The van der Waals surface area contributed by atoms with E-state index < -0.39 is 24.0 Å². The lowest BCUT2D eigenvalue weighted by atomic mass is 10.1. The molecule has 0 saturated carbocycles. The lowest BCUT2D eigenvalue weighted by Crippen LogP contribution is -2.48. The topological polar surface area (TPSA) is 184 Å². The van der Waals surface area contributed by atoms with Crippen LogP contribution in [0.25, 0.3) is 0 Å². The monoisotopic (exact) mass is 262 g/mol. The first-order valence-electron chi connectivity index (χ1n) is 4.77. The van der Waals surface area contributed by atoms with Crippen LogP contribution in [0, 0.1) is 0 Å². The fraction of sp³-hybridized carbons (Fsp3) is 0.444. The third-order valence-electron chi connectivity index (χ3n) is 2.00. The van der Waals surface area contributed by atoms with Gasteiger partial charge in [0.2, 0.25) is 5.91 Å². The number of nitrogens with zero attached hydrogens (tertiary/aromatic N) is 1. The van der Waals surface area contributed by atoms with Crippen molar-refractivity contribution in [1.82, 2.24) is 15.3 Å². The normalized spacial score (nSPS) is 12.6. The number of nitrogens with two attached hydrogens (primary N) is 1. The number of aromatic amines is 1. The summed E-state index contributed by atoms with van der Waals surface area (Å²) in [6.45, 7) is 1.49. The highest BCUT2D eigenvalue weighted by molar-refractivity contribution is 5.86. The molecule has 0 unspecified atom stereocenters. The van der Waals surface area contributed by atoms with Crippen LogP contribution in [0.2, 0.25) is 0 Å². The zero-order valence-electron chi connectivity index (χ0n) is 9.80. The molecule has 1 aromatic rings. The summed E-state index contributed by atoms with van der Waals surface area (Å²) in [5, 5.41) is 11.2. The van der Waals surface area contributed by atoms with Crippen molar-refractivity contribution in [2.45, 2.75) is 25.4 Å². The molecule has 104 valence electrons. The van der Waals surface area contributed by atoms with Crippen LogP contribution in [0.15, 0.2) is 12.5 Å². The van der Waals surface area contributed by atoms with E-state index in [1.165, 1.54) is 13.3 Å². The molecule has 2 atom stereocenters. The molecule has 9 nitrogen and oxygen atoms in total. The molecule has 18 heavy (non-hydrogen) atoms. The predicted octanol–water partition coefficient (Wildman–Crippen LogP) is -2.78. The Bertz CT molecular complexity index is 365. The van der Waals surface area contributed by atoms with Crippen LogP contribution in [-0.4, -0.2) is 50.0 Å². The Labute approximate surface area is 103 Å². The standard InChI is InChI=1S/C9H14N4O3.2H2O/c1-5(10)8(14)13-7(9(15)16)2-6-3-11-4-12-6;;/h3-5,7H,2,10H2,1H3,(H,11,12)(H,13,14)(H,15,16);2*1H2/t5-,7-;;/m0../s1. The Hall–Kier alpha value is -1.97. The summed E-state index contributed by atoms with van der Waals surface area (Å²) in [7, 11) is 0. The number of aliphatic carboxylic acids is 1. The lowest BCUT2D eigenvalue weighted by molar-refractivity contribution is -0.141. The molecule has 9 heteroatoms. The molecular weight excluding hydrogens is 244 g/mol. The van der Waals surface area contributed by atoms with Gasteiger partial charge in [-0.2, -0.15) is 0 Å². The second-order valence-corrected chi connectivity index (χ2v) is 3.45. The molecule has 1 aromatic heterocycles. The number of rotatable bonds is 5. The van der Waals surface area contributed by atoms with Crippen LogP contribution in [-0.2, 0) is 16.0 Å². The van der Waals surface area contributed by atoms with Gasteiger partial charge in [-0.1, -0.05) is 0 Å². The van der Waals surface area contributed by atoms with E-state index in [0.717, 1.165) is 0 Å². The van der Waals surface area contributed by atoms with Crippen molar-refractivity contribution in [1.29, 1.82) is 0 Å². The van der Waals surface area contributed by atoms with Gasteiger partial charge in [0.05, 0.1) is 18.1 Å². The number of hydrogen-bond donors (Lipinski definition) is 4. The van der Waals surface area contributed by atoms with Crippen LogP contribution in [0.3, 0.4) is 0 Å².